The highest BCUT2D eigenvalue weighted by Crippen LogP contribution is 2.19. The number of oxazole rings is 1. The van der Waals surface area contributed by atoms with Crippen LogP contribution in [0.4, 0.5) is 0 Å². The second-order valence-corrected chi connectivity index (χ2v) is 4.90. The fourth-order valence-electron chi connectivity index (χ4n) is 1.90. The molecule has 0 aliphatic rings. The van der Waals surface area contributed by atoms with E-state index < -0.39 is 5.97 Å². The van der Waals surface area contributed by atoms with E-state index in [9.17, 15) is 4.79 Å². The Kier molecular flexibility index (Phi) is 4.53. The molecule has 1 heterocycles. The van der Waals surface area contributed by atoms with Crippen LogP contribution >= 0.6 is 0 Å². The smallest absolute Gasteiger partial charge is 0.317 e. The molecule has 0 amide bonds. The Balaban J connectivity index is 2.10. The first kappa shape index (κ1) is 14.3. The molecule has 106 valence electrons. The van der Waals surface area contributed by atoms with E-state index in [4.69, 9.17) is 9.52 Å². The lowest BCUT2D eigenvalue weighted by molar-refractivity contribution is -0.139. The van der Waals surface area contributed by atoms with Crippen molar-refractivity contribution in [2.75, 3.05) is 6.54 Å². The Labute approximate surface area is 117 Å². The van der Waals surface area contributed by atoms with Gasteiger partial charge in [0, 0.05) is 18.2 Å². The highest BCUT2D eigenvalue weighted by Gasteiger charge is 2.16. The molecule has 1 N–H and O–H groups in total. The molecule has 0 unspecified atom stereocenters. The molecular weight excluding hydrogens is 256 g/mol. The maximum absolute atomic E-state index is 10.8. The van der Waals surface area contributed by atoms with Crippen LogP contribution in [0.5, 0.6) is 0 Å². The van der Waals surface area contributed by atoms with Gasteiger partial charge < -0.3 is 9.52 Å². The summed E-state index contributed by atoms with van der Waals surface area (Å²) in [5.74, 6) is -0.287. The largest absolute Gasteiger partial charge is 0.480 e. The van der Waals surface area contributed by atoms with Crippen LogP contribution in [0, 0.1) is 0 Å². The van der Waals surface area contributed by atoms with E-state index in [0.29, 0.717) is 12.4 Å². The molecule has 2 rings (SSSR count). The summed E-state index contributed by atoms with van der Waals surface area (Å²) in [7, 11) is 0. The van der Waals surface area contributed by atoms with E-state index in [1.54, 1.807) is 6.26 Å². The summed E-state index contributed by atoms with van der Waals surface area (Å²) in [5.41, 5.74) is 1.65. The molecule has 5 nitrogen and oxygen atoms in total. The first-order chi connectivity index (χ1) is 9.56. The Hall–Kier alpha value is -2.14. The molecule has 0 bridgehead atoms. The summed E-state index contributed by atoms with van der Waals surface area (Å²) in [5, 5.41) is 8.91. The zero-order chi connectivity index (χ0) is 14.5. The van der Waals surface area contributed by atoms with E-state index in [1.165, 1.54) is 0 Å². The third-order valence-electron chi connectivity index (χ3n) is 3.01. The van der Waals surface area contributed by atoms with Gasteiger partial charge in [-0.05, 0) is 26.0 Å². The van der Waals surface area contributed by atoms with Crippen LogP contribution in [-0.4, -0.2) is 33.5 Å². The molecule has 0 fully saturated rings. The van der Waals surface area contributed by atoms with Crippen LogP contribution in [0.15, 0.2) is 41.0 Å². The van der Waals surface area contributed by atoms with Gasteiger partial charge in [-0.15, -0.1) is 0 Å². The number of carbonyl (C=O) groups is 1. The number of nitrogens with zero attached hydrogens (tertiary/aromatic N) is 2. The van der Waals surface area contributed by atoms with Crippen LogP contribution in [0.2, 0.25) is 0 Å². The van der Waals surface area contributed by atoms with Crippen molar-refractivity contribution in [1.82, 2.24) is 9.88 Å². The summed E-state index contributed by atoms with van der Waals surface area (Å²) < 4.78 is 5.45. The van der Waals surface area contributed by atoms with E-state index in [2.05, 4.69) is 4.98 Å². The van der Waals surface area contributed by atoms with Crippen LogP contribution in [0.1, 0.15) is 19.5 Å². The SMILES string of the molecule is CC(C)N(CC(=O)O)Cc1coc(-c2ccccc2)n1. The molecule has 0 spiro atoms. The fraction of sp³-hybridized carbons (Fsp3) is 0.333. The molecule has 20 heavy (non-hydrogen) atoms. The van der Waals surface area contributed by atoms with Crippen molar-refractivity contribution in [2.24, 2.45) is 0 Å². The van der Waals surface area contributed by atoms with Crippen LogP contribution < -0.4 is 0 Å². The van der Waals surface area contributed by atoms with Gasteiger partial charge in [0.1, 0.15) is 6.26 Å². The first-order valence-electron chi connectivity index (χ1n) is 6.52. The molecule has 1 aromatic heterocycles. The minimum atomic E-state index is -0.842. The number of carboxylic acid groups (broad SMARTS) is 1. The standard InChI is InChI=1S/C15H18N2O3/c1-11(2)17(9-14(18)19)8-13-10-20-15(16-13)12-6-4-3-5-7-12/h3-7,10-11H,8-9H2,1-2H3,(H,18,19). The van der Waals surface area contributed by atoms with Gasteiger partial charge in [0.25, 0.3) is 0 Å². The topological polar surface area (TPSA) is 66.6 Å². The summed E-state index contributed by atoms with van der Waals surface area (Å²) in [6.45, 7) is 4.37. The van der Waals surface area contributed by atoms with Crippen molar-refractivity contribution >= 4 is 5.97 Å². The maximum atomic E-state index is 10.8. The molecule has 0 atom stereocenters. The molecule has 0 radical (unpaired) electrons. The normalized spacial score (nSPS) is 11.2. The van der Waals surface area contributed by atoms with Gasteiger partial charge >= 0.3 is 5.97 Å². The first-order valence-corrected chi connectivity index (χ1v) is 6.52. The average molecular weight is 274 g/mol. The van der Waals surface area contributed by atoms with Gasteiger partial charge in [-0.1, -0.05) is 18.2 Å². The molecule has 0 aliphatic heterocycles. The van der Waals surface area contributed by atoms with Gasteiger partial charge in [0.05, 0.1) is 12.2 Å². The van der Waals surface area contributed by atoms with Crippen molar-refractivity contribution in [3.05, 3.63) is 42.3 Å². The number of rotatable bonds is 6. The van der Waals surface area contributed by atoms with Crippen molar-refractivity contribution < 1.29 is 14.3 Å². The van der Waals surface area contributed by atoms with E-state index >= 15 is 0 Å². The number of hydrogen-bond acceptors (Lipinski definition) is 4. The van der Waals surface area contributed by atoms with Crippen LogP contribution in [0.3, 0.4) is 0 Å². The number of hydrogen-bond donors (Lipinski definition) is 1. The van der Waals surface area contributed by atoms with Crippen molar-refractivity contribution in [1.29, 1.82) is 0 Å². The lowest BCUT2D eigenvalue weighted by atomic mass is 10.2. The minimum Gasteiger partial charge on any atom is -0.480 e. The Bertz CT molecular complexity index is 564. The Morgan fingerprint density at radius 2 is 2.05 bits per heavy atom. The molecule has 0 saturated heterocycles. The predicted octanol–water partition coefficient (Wildman–Crippen LogP) is 2.64. The monoisotopic (exact) mass is 274 g/mol. The fourth-order valence-corrected chi connectivity index (χ4v) is 1.90. The van der Waals surface area contributed by atoms with E-state index in [1.807, 2.05) is 49.1 Å². The van der Waals surface area contributed by atoms with E-state index in [0.717, 1.165) is 11.3 Å². The summed E-state index contributed by atoms with van der Waals surface area (Å²) in [4.78, 5) is 17.1. The molecule has 1 aromatic carbocycles. The number of aromatic nitrogens is 1. The maximum Gasteiger partial charge on any atom is 0.317 e. The molecule has 2 aromatic rings. The van der Waals surface area contributed by atoms with Gasteiger partial charge in [0.2, 0.25) is 5.89 Å². The average Bonchev–Trinajstić information content (AvgIpc) is 2.87. The highest BCUT2D eigenvalue weighted by molar-refractivity contribution is 5.69. The Morgan fingerprint density at radius 1 is 1.35 bits per heavy atom. The van der Waals surface area contributed by atoms with Gasteiger partial charge in [-0.2, -0.15) is 0 Å². The summed E-state index contributed by atoms with van der Waals surface area (Å²) in [6.07, 6.45) is 1.58. The molecule has 0 aliphatic carbocycles. The minimum absolute atomic E-state index is 0.00873. The zero-order valence-corrected chi connectivity index (χ0v) is 11.6. The van der Waals surface area contributed by atoms with Crippen LogP contribution in [0.25, 0.3) is 11.5 Å². The Morgan fingerprint density at radius 3 is 2.65 bits per heavy atom. The summed E-state index contributed by atoms with van der Waals surface area (Å²) in [6, 6.07) is 9.75. The van der Waals surface area contributed by atoms with Gasteiger partial charge in [0.15, 0.2) is 0 Å². The second-order valence-electron chi connectivity index (χ2n) is 4.90. The molecular formula is C15H18N2O3. The van der Waals surface area contributed by atoms with E-state index in [-0.39, 0.29) is 12.6 Å². The number of carboxylic acids is 1. The third-order valence-corrected chi connectivity index (χ3v) is 3.01. The van der Waals surface area contributed by atoms with Crippen molar-refractivity contribution in [3.8, 4) is 11.5 Å². The zero-order valence-electron chi connectivity index (χ0n) is 11.6. The van der Waals surface area contributed by atoms with Crippen LogP contribution in [-0.2, 0) is 11.3 Å². The van der Waals surface area contributed by atoms with Crippen molar-refractivity contribution in [3.63, 3.8) is 0 Å². The van der Waals surface area contributed by atoms with Gasteiger partial charge in [-0.25, -0.2) is 4.98 Å². The lowest BCUT2D eigenvalue weighted by Crippen LogP contribution is -2.35. The number of aliphatic carboxylic acids is 1. The predicted molar refractivity (Wildman–Crippen MR) is 75.1 cm³/mol. The molecule has 5 heteroatoms. The molecule has 0 saturated carbocycles. The lowest BCUT2D eigenvalue weighted by Gasteiger charge is -2.22. The third kappa shape index (κ3) is 3.68. The quantitative estimate of drug-likeness (QED) is 0.877. The van der Waals surface area contributed by atoms with Crippen molar-refractivity contribution in [2.45, 2.75) is 26.4 Å². The second kappa shape index (κ2) is 6.34. The highest BCUT2D eigenvalue weighted by atomic mass is 16.4. The number of benzene rings is 1. The van der Waals surface area contributed by atoms with Gasteiger partial charge in [-0.3, -0.25) is 9.69 Å². The summed E-state index contributed by atoms with van der Waals surface area (Å²) >= 11 is 0.